The maximum Gasteiger partial charge on any atom is 0.320 e. The smallest absolute Gasteiger partial charge is 0.320 e. The summed E-state index contributed by atoms with van der Waals surface area (Å²) in [4.78, 5) is 22.2. The first-order chi connectivity index (χ1) is 18.4. The maximum atomic E-state index is 14.7. The van der Waals surface area contributed by atoms with Crippen molar-refractivity contribution in [1.29, 1.82) is 0 Å². The Labute approximate surface area is 220 Å². The van der Waals surface area contributed by atoms with Crippen LogP contribution in [0, 0.1) is 5.41 Å². The molecule has 2 aliphatic carbocycles. The minimum atomic E-state index is -2.79. The van der Waals surface area contributed by atoms with Crippen LogP contribution in [-0.4, -0.2) is 44.5 Å². The Hall–Kier alpha value is -3.75. The lowest BCUT2D eigenvalue weighted by Gasteiger charge is -2.43. The molecule has 1 aliphatic heterocycles. The summed E-state index contributed by atoms with van der Waals surface area (Å²) in [5, 5.41) is 0.441. The second kappa shape index (κ2) is 9.53. The van der Waals surface area contributed by atoms with E-state index in [4.69, 9.17) is 10.5 Å². The van der Waals surface area contributed by atoms with Gasteiger partial charge in [-0.1, -0.05) is 24.8 Å². The number of nitrogens with two attached hydrogens (primary N) is 1. The van der Waals surface area contributed by atoms with Crippen LogP contribution in [-0.2, 0) is 4.79 Å². The molecule has 2 fully saturated rings. The number of aromatic nitrogens is 3. The molecule has 2 aromatic heterocycles. The van der Waals surface area contributed by atoms with E-state index in [9.17, 15) is 13.6 Å². The molecule has 0 bridgehead atoms. The van der Waals surface area contributed by atoms with Crippen molar-refractivity contribution >= 4 is 28.3 Å². The van der Waals surface area contributed by atoms with Gasteiger partial charge in [-0.3, -0.25) is 9.36 Å². The molecule has 9 heteroatoms. The van der Waals surface area contributed by atoms with Gasteiger partial charge in [0.25, 0.3) is 0 Å². The SMILES string of the molecule is C=CC(=O)N1CCC2(CC=C(c3c(-c4ccc(OC5CC5)cc4)c4c(N)ncnc4n3C(F)F)CC2)CC1. The van der Waals surface area contributed by atoms with Crippen molar-refractivity contribution in [3.05, 3.63) is 55.0 Å². The number of amides is 1. The van der Waals surface area contributed by atoms with Crippen molar-refractivity contribution in [2.24, 2.45) is 5.41 Å². The molecule has 1 spiro atoms. The summed E-state index contributed by atoms with van der Waals surface area (Å²) in [5.41, 5.74) is 9.20. The van der Waals surface area contributed by atoms with Crippen LogP contribution in [0.3, 0.4) is 0 Å². The number of carbonyl (C=O) groups excluding carboxylic acids is 1. The van der Waals surface area contributed by atoms with E-state index in [2.05, 4.69) is 22.6 Å². The minimum Gasteiger partial charge on any atom is -0.490 e. The third kappa shape index (κ3) is 4.33. The summed E-state index contributed by atoms with van der Waals surface area (Å²) in [6.45, 7) is 2.18. The number of anilines is 1. The molecule has 2 N–H and O–H groups in total. The number of alkyl halides is 2. The fraction of sp³-hybridized carbons (Fsp3) is 0.414. The highest BCUT2D eigenvalue weighted by atomic mass is 19.3. The summed E-state index contributed by atoms with van der Waals surface area (Å²) >= 11 is 0. The number of rotatable bonds is 6. The molecular weight excluding hydrogens is 488 g/mol. The van der Waals surface area contributed by atoms with Gasteiger partial charge in [0.2, 0.25) is 5.91 Å². The highest BCUT2D eigenvalue weighted by molar-refractivity contribution is 6.06. The Kier molecular flexibility index (Phi) is 6.16. The number of benzene rings is 1. The first-order valence-corrected chi connectivity index (χ1v) is 13.2. The van der Waals surface area contributed by atoms with Crippen molar-refractivity contribution in [1.82, 2.24) is 19.4 Å². The number of carbonyl (C=O) groups is 1. The van der Waals surface area contributed by atoms with E-state index in [-0.39, 0.29) is 28.9 Å². The van der Waals surface area contributed by atoms with Gasteiger partial charge in [0.05, 0.1) is 17.2 Å². The van der Waals surface area contributed by atoms with E-state index in [1.807, 2.05) is 29.2 Å². The molecule has 0 radical (unpaired) electrons. The highest BCUT2D eigenvalue weighted by Gasteiger charge is 2.38. The van der Waals surface area contributed by atoms with Gasteiger partial charge < -0.3 is 15.4 Å². The molecule has 6 rings (SSSR count). The molecule has 38 heavy (non-hydrogen) atoms. The second-order valence-corrected chi connectivity index (χ2v) is 10.6. The fourth-order valence-corrected chi connectivity index (χ4v) is 5.96. The Morgan fingerprint density at radius 1 is 1.16 bits per heavy atom. The number of ether oxygens (including phenoxy) is 1. The largest absolute Gasteiger partial charge is 0.490 e. The molecule has 0 atom stereocenters. The van der Waals surface area contributed by atoms with Crippen LogP contribution < -0.4 is 10.5 Å². The number of nitrogens with zero attached hydrogens (tertiary/aromatic N) is 4. The number of fused-ring (bicyclic) bond motifs is 1. The van der Waals surface area contributed by atoms with Crippen molar-refractivity contribution < 1.29 is 18.3 Å². The molecule has 0 unspecified atom stereocenters. The van der Waals surface area contributed by atoms with Crippen molar-refractivity contribution in [2.45, 2.75) is 57.6 Å². The number of hydrogen-bond donors (Lipinski definition) is 1. The maximum absolute atomic E-state index is 14.7. The number of piperidine rings is 1. The molecule has 3 heterocycles. The number of allylic oxidation sites excluding steroid dienone is 2. The summed E-state index contributed by atoms with van der Waals surface area (Å²) < 4.78 is 36.2. The predicted molar refractivity (Wildman–Crippen MR) is 143 cm³/mol. The van der Waals surface area contributed by atoms with Crippen LogP contribution in [0.15, 0.2) is 49.3 Å². The van der Waals surface area contributed by atoms with Gasteiger partial charge in [-0.05, 0) is 79.7 Å². The Bertz CT molecular complexity index is 1420. The van der Waals surface area contributed by atoms with Crippen LogP contribution >= 0.6 is 0 Å². The van der Waals surface area contributed by atoms with E-state index in [1.165, 1.54) is 12.4 Å². The third-order valence-electron chi connectivity index (χ3n) is 8.30. The van der Waals surface area contributed by atoms with Gasteiger partial charge in [0.1, 0.15) is 17.9 Å². The van der Waals surface area contributed by atoms with E-state index in [1.54, 1.807) is 0 Å². The van der Waals surface area contributed by atoms with Gasteiger partial charge in [0.15, 0.2) is 5.65 Å². The normalized spacial score (nSPS) is 19.1. The number of halogens is 2. The molecule has 1 saturated carbocycles. The molecule has 7 nitrogen and oxygen atoms in total. The topological polar surface area (TPSA) is 86.3 Å². The van der Waals surface area contributed by atoms with Crippen LogP contribution in [0.2, 0.25) is 0 Å². The summed E-state index contributed by atoms with van der Waals surface area (Å²) in [6, 6.07) is 7.56. The quantitative estimate of drug-likeness (QED) is 0.405. The standard InChI is InChI=1S/C29H31F2N5O2/c1-2-22(37)35-15-13-29(14-16-35)11-9-19(10-12-29)25-23(18-3-5-20(6-4-18)38-21-7-8-21)24-26(32)33-17-34-27(24)36(25)28(30)31/h2-6,9,17,21,28H,1,7-8,10-16H2,(H2,32,33,34). The average molecular weight is 520 g/mol. The second-order valence-electron chi connectivity index (χ2n) is 10.6. The summed E-state index contributed by atoms with van der Waals surface area (Å²) in [5.74, 6) is 0.904. The molecule has 3 aliphatic rings. The predicted octanol–water partition coefficient (Wildman–Crippen LogP) is 5.98. The van der Waals surface area contributed by atoms with Crippen LogP contribution in [0.5, 0.6) is 5.75 Å². The first kappa shape index (κ1) is 24.6. The monoisotopic (exact) mass is 519 g/mol. The van der Waals surface area contributed by atoms with Gasteiger partial charge in [-0.25, -0.2) is 9.97 Å². The van der Waals surface area contributed by atoms with Gasteiger partial charge in [0, 0.05) is 18.7 Å². The molecule has 198 valence electrons. The summed E-state index contributed by atoms with van der Waals surface area (Å²) in [7, 11) is 0. The summed E-state index contributed by atoms with van der Waals surface area (Å²) in [6.07, 6.45) is 11.2. The van der Waals surface area contributed by atoms with Gasteiger partial charge >= 0.3 is 6.55 Å². The molecular formula is C29H31F2N5O2. The zero-order chi connectivity index (χ0) is 26.4. The number of hydrogen-bond acceptors (Lipinski definition) is 5. The van der Waals surface area contributed by atoms with E-state index < -0.39 is 6.55 Å². The highest BCUT2D eigenvalue weighted by Crippen LogP contribution is 2.50. The molecule has 1 aromatic carbocycles. The zero-order valence-corrected chi connectivity index (χ0v) is 21.2. The average Bonchev–Trinajstić information content (AvgIpc) is 3.67. The lowest BCUT2D eigenvalue weighted by atomic mass is 9.68. The van der Waals surface area contributed by atoms with Gasteiger partial charge in [-0.15, -0.1) is 0 Å². The lowest BCUT2D eigenvalue weighted by Crippen LogP contribution is -2.43. The molecule has 1 amide bonds. The Balaban J connectivity index is 1.40. The third-order valence-corrected chi connectivity index (χ3v) is 8.30. The van der Waals surface area contributed by atoms with E-state index in [0.717, 1.165) is 60.0 Å². The van der Waals surface area contributed by atoms with E-state index >= 15 is 0 Å². The van der Waals surface area contributed by atoms with Gasteiger partial charge in [-0.2, -0.15) is 8.78 Å². The number of likely N-dealkylation sites (tertiary alicyclic amines) is 1. The molecule has 1 saturated heterocycles. The van der Waals surface area contributed by atoms with Crippen molar-refractivity contribution in [3.63, 3.8) is 0 Å². The lowest BCUT2D eigenvalue weighted by molar-refractivity contribution is -0.128. The Morgan fingerprint density at radius 3 is 2.50 bits per heavy atom. The Morgan fingerprint density at radius 2 is 1.89 bits per heavy atom. The minimum absolute atomic E-state index is 0.0368. The van der Waals surface area contributed by atoms with Crippen molar-refractivity contribution in [3.8, 4) is 16.9 Å². The first-order valence-electron chi connectivity index (χ1n) is 13.2. The van der Waals surface area contributed by atoms with Crippen LogP contribution in [0.25, 0.3) is 27.7 Å². The molecule has 3 aromatic rings. The van der Waals surface area contributed by atoms with Crippen molar-refractivity contribution in [2.75, 3.05) is 18.8 Å². The van der Waals surface area contributed by atoms with Crippen LogP contribution in [0.1, 0.15) is 57.2 Å². The van der Waals surface area contributed by atoms with E-state index in [0.29, 0.717) is 36.2 Å². The van der Waals surface area contributed by atoms with Crippen LogP contribution in [0.4, 0.5) is 14.6 Å². The number of nitrogen functional groups attached to an aromatic ring is 1. The zero-order valence-electron chi connectivity index (χ0n) is 21.2. The fourth-order valence-electron chi connectivity index (χ4n) is 5.96.